The number of carbonyl (C=O) groups is 2. The molecule has 1 fully saturated rings. The van der Waals surface area contributed by atoms with E-state index in [9.17, 15) is 9.59 Å². The fraction of sp³-hybridized carbons (Fsp3) is 0.429. The summed E-state index contributed by atoms with van der Waals surface area (Å²) >= 11 is 0. The van der Waals surface area contributed by atoms with Gasteiger partial charge in [0.25, 0.3) is 0 Å². The Balaban J connectivity index is 1.84. The zero-order chi connectivity index (χ0) is 14.4. The van der Waals surface area contributed by atoms with Crippen molar-refractivity contribution in [3.8, 4) is 0 Å². The predicted octanol–water partition coefficient (Wildman–Crippen LogP) is 1.86. The van der Waals surface area contributed by atoms with Crippen molar-refractivity contribution in [3.63, 3.8) is 0 Å². The van der Waals surface area contributed by atoms with Crippen LogP contribution in [0.1, 0.15) is 18.4 Å². The van der Waals surface area contributed by atoms with Crippen molar-refractivity contribution in [2.45, 2.75) is 25.9 Å². The van der Waals surface area contributed by atoms with E-state index in [0.717, 1.165) is 30.7 Å². The second-order valence-electron chi connectivity index (χ2n) is 4.76. The number of aryl methyl sites for hydroxylation is 1. The summed E-state index contributed by atoms with van der Waals surface area (Å²) in [7, 11) is 0. The van der Waals surface area contributed by atoms with Crippen LogP contribution in [-0.2, 0) is 9.53 Å². The van der Waals surface area contributed by atoms with Crippen molar-refractivity contribution in [2.75, 3.05) is 23.8 Å². The molecule has 6 heteroatoms. The first-order valence-electron chi connectivity index (χ1n) is 6.66. The van der Waals surface area contributed by atoms with Crippen LogP contribution in [0.2, 0.25) is 0 Å². The van der Waals surface area contributed by atoms with E-state index in [-0.39, 0.29) is 12.1 Å². The van der Waals surface area contributed by atoms with Gasteiger partial charge in [-0.25, -0.2) is 4.79 Å². The van der Waals surface area contributed by atoms with Crippen LogP contribution in [0.5, 0.6) is 0 Å². The summed E-state index contributed by atoms with van der Waals surface area (Å²) in [4.78, 5) is 22.1. The maximum absolute atomic E-state index is 11.7. The Morgan fingerprint density at radius 3 is 3.00 bits per heavy atom. The summed E-state index contributed by atoms with van der Waals surface area (Å²) < 4.78 is 5.43. The fourth-order valence-corrected chi connectivity index (χ4v) is 2.15. The Bertz CT molecular complexity index is 485. The summed E-state index contributed by atoms with van der Waals surface area (Å²) in [6.45, 7) is 3.16. The van der Waals surface area contributed by atoms with Crippen LogP contribution < -0.4 is 16.0 Å². The van der Waals surface area contributed by atoms with Gasteiger partial charge in [-0.15, -0.1) is 0 Å². The third-order valence-electron chi connectivity index (χ3n) is 3.21. The molecule has 0 aromatic heterocycles. The van der Waals surface area contributed by atoms with Gasteiger partial charge in [0.2, 0.25) is 6.41 Å². The molecule has 1 aliphatic heterocycles. The Labute approximate surface area is 117 Å². The monoisotopic (exact) mass is 277 g/mol. The number of anilines is 2. The highest BCUT2D eigenvalue weighted by molar-refractivity contribution is 5.90. The molecule has 2 rings (SSSR count). The van der Waals surface area contributed by atoms with Gasteiger partial charge in [-0.05, 0) is 43.5 Å². The summed E-state index contributed by atoms with van der Waals surface area (Å²) in [5, 5.41) is 8.13. The number of benzene rings is 1. The number of ether oxygens (including phenoxy) is 1. The number of hydrogen-bond acceptors (Lipinski definition) is 3. The molecule has 1 aromatic carbocycles. The SMILES string of the molecule is Cc1cc(NC(=O)NCC2CCCO2)ccc1NC=O. The minimum Gasteiger partial charge on any atom is -0.376 e. The molecule has 1 atom stereocenters. The third-order valence-corrected chi connectivity index (χ3v) is 3.21. The highest BCUT2D eigenvalue weighted by Gasteiger charge is 2.16. The molecule has 1 aliphatic rings. The number of nitrogens with one attached hydrogen (secondary N) is 3. The van der Waals surface area contributed by atoms with E-state index in [4.69, 9.17) is 4.74 Å². The molecular formula is C14H19N3O3. The highest BCUT2D eigenvalue weighted by Crippen LogP contribution is 2.19. The van der Waals surface area contributed by atoms with Crippen LogP contribution in [0.3, 0.4) is 0 Å². The number of amides is 3. The molecular weight excluding hydrogens is 258 g/mol. The molecule has 0 radical (unpaired) electrons. The average molecular weight is 277 g/mol. The topological polar surface area (TPSA) is 79.5 Å². The normalized spacial score (nSPS) is 17.6. The van der Waals surface area contributed by atoms with Gasteiger partial charge in [-0.1, -0.05) is 0 Å². The maximum atomic E-state index is 11.7. The average Bonchev–Trinajstić information content (AvgIpc) is 2.93. The molecule has 1 unspecified atom stereocenters. The van der Waals surface area contributed by atoms with E-state index < -0.39 is 0 Å². The molecule has 0 spiro atoms. The molecule has 0 aliphatic carbocycles. The Morgan fingerprint density at radius 2 is 2.35 bits per heavy atom. The second kappa shape index (κ2) is 6.91. The van der Waals surface area contributed by atoms with Crippen molar-refractivity contribution < 1.29 is 14.3 Å². The first kappa shape index (κ1) is 14.3. The van der Waals surface area contributed by atoms with Crippen LogP contribution in [-0.4, -0.2) is 31.7 Å². The van der Waals surface area contributed by atoms with E-state index in [1.165, 1.54) is 0 Å². The molecule has 3 amide bonds. The van der Waals surface area contributed by atoms with E-state index in [1.54, 1.807) is 18.2 Å². The second-order valence-corrected chi connectivity index (χ2v) is 4.76. The van der Waals surface area contributed by atoms with Gasteiger partial charge in [0.05, 0.1) is 6.10 Å². The first-order chi connectivity index (χ1) is 9.69. The zero-order valence-electron chi connectivity index (χ0n) is 11.4. The zero-order valence-corrected chi connectivity index (χ0v) is 11.4. The smallest absolute Gasteiger partial charge is 0.319 e. The summed E-state index contributed by atoms with van der Waals surface area (Å²) in [5.41, 5.74) is 2.29. The van der Waals surface area contributed by atoms with Crippen LogP contribution in [0.15, 0.2) is 18.2 Å². The van der Waals surface area contributed by atoms with Crippen molar-refractivity contribution in [2.24, 2.45) is 0 Å². The van der Waals surface area contributed by atoms with Crippen molar-refractivity contribution in [1.29, 1.82) is 0 Å². The predicted molar refractivity (Wildman–Crippen MR) is 76.9 cm³/mol. The Morgan fingerprint density at radius 1 is 1.50 bits per heavy atom. The van der Waals surface area contributed by atoms with Gasteiger partial charge in [-0.3, -0.25) is 4.79 Å². The van der Waals surface area contributed by atoms with Crippen LogP contribution >= 0.6 is 0 Å². The van der Waals surface area contributed by atoms with Crippen molar-refractivity contribution in [3.05, 3.63) is 23.8 Å². The molecule has 1 heterocycles. The minimum absolute atomic E-state index is 0.127. The molecule has 6 nitrogen and oxygen atoms in total. The lowest BCUT2D eigenvalue weighted by atomic mass is 10.2. The van der Waals surface area contributed by atoms with Gasteiger partial charge >= 0.3 is 6.03 Å². The summed E-state index contributed by atoms with van der Waals surface area (Å²) in [5.74, 6) is 0. The standard InChI is InChI=1S/C14H19N3O3/c1-10-7-11(4-5-13(10)16-9-18)17-14(19)15-8-12-3-2-6-20-12/h4-5,7,9,12H,2-3,6,8H2,1H3,(H,16,18)(H2,15,17,19). The van der Waals surface area contributed by atoms with E-state index in [2.05, 4.69) is 16.0 Å². The van der Waals surface area contributed by atoms with Gasteiger partial charge in [0.15, 0.2) is 0 Å². The number of carbonyl (C=O) groups excluding carboxylic acids is 2. The molecule has 0 bridgehead atoms. The summed E-state index contributed by atoms with van der Waals surface area (Å²) in [6.07, 6.45) is 2.80. The number of urea groups is 1. The van der Waals surface area contributed by atoms with Crippen LogP contribution in [0, 0.1) is 6.92 Å². The Kier molecular flexibility index (Phi) is 4.95. The van der Waals surface area contributed by atoms with E-state index in [0.29, 0.717) is 18.6 Å². The third kappa shape index (κ3) is 3.96. The van der Waals surface area contributed by atoms with Gasteiger partial charge in [0, 0.05) is 24.5 Å². The summed E-state index contributed by atoms with van der Waals surface area (Å²) in [6, 6.07) is 5.04. The number of hydrogen-bond donors (Lipinski definition) is 3. The van der Waals surface area contributed by atoms with Crippen molar-refractivity contribution >= 4 is 23.8 Å². The largest absolute Gasteiger partial charge is 0.376 e. The first-order valence-corrected chi connectivity index (χ1v) is 6.66. The quantitative estimate of drug-likeness (QED) is 0.719. The van der Waals surface area contributed by atoms with Gasteiger partial charge in [-0.2, -0.15) is 0 Å². The lowest BCUT2D eigenvalue weighted by Gasteiger charge is -2.12. The number of rotatable bonds is 5. The molecule has 1 aromatic rings. The molecule has 20 heavy (non-hydrogen) atoms. The lowest BCUT2D eigenvalue weighted by molar-refractivity contribution is -0.105. The molecule has 1 saturated heterocycles. The molecule has 3 N–H and O–H groups in total. The minimum atomic E-state index is -0.254. The molecule has 0 saturated carbocycles. The maximum Gasteiger partial charge on any atom is 0.319 e. The van der Waals surface area contributed by atoms with Gasteiger partial charge < -0.3 is 20.7 Å². The van der Waals surface area contributed by atoms with Crippen molar-refractivity contribution in [1.82, 2.24) is 5.32 Å². The molecule has 108 valence electrons. The lowest BCUT2D eigenvalue weighted by Crippen LogP contribution is -2.35. The van der Waals surface area contributed by atoms with E-state index >= 15 is 0 Å². The Hall–Kier alpha value is -2.08. The van der Waals surface area contributed by atoms with E-state index in [1.807, 2.05) is 6.92 Å². The van der Waals surface area contributed by atoms with Crippen LogP contribution in [0.25, 0.3) is 0 Å². The highest BCUT2D eigenvalue weighted by atomic mass is 16.5. The van der Waals surface area contributed by atoms with Crippen LogP contribution in [0.4, 0.5) is 16.2 Å². The van der Waals surface area contributed by atoms with Gasteiger partial charge in [0.1, 0.15) is 0 Å². The fourth-order valence-electron chi connectivity index (χ4n) is 2.15.